The van der Waals surface area contributed by atoms with Gasteiger partial charge in [-0.15, -0.1) is 0 Å². The topological polar surface area (TPSA) is 45.8 Å². The van der Waals surface area contributed by atoms with Crippen molar-refractivity contribution in [2.24, 2.45) is 0 Å². The molecule has 0 aromatic heterocycles. The zero-order valence-corrected chi connectivity index (χ0v) is 20.5. The van der Waals surface area contributed by atoms with Gasteiger partial charge in [-0.1, -0.05) is 35.3 Å². The van der Waals surface area contributed by atoms with Crippen LogP contribution in [-0.4, -0.2) is 65.1 Å². The lowest BCUT2D eigenvalue weighted by Gasteiger charge is -2.33. The summed E-state index contributed by atoms with van der Waals surface area (Å²) in [5, 5.41) is 4.49. The Morgan fingerprint density at radius 2 is 1.74 bits per heavy atom. The molecule has 1 atom stereocenters. The summed E-state index contributed by atoms with van der Waals surface area (Å²) in [5.41, 5.74) is 3.69. The second-order valence-electron chi connectivity index (χ2n) is 7.60. The van der Waals surface area contributed by atoms with Crippen molar-refractivity contribution in [3.05, 3.63) is 63.1 Å². The number of benzene rings is 2. The predicted molar refractivity (Wildman–Crippen MR) is 131 cm³/mol. The Hall–Kier alpha value is -0.830. The van der Waals surface area contributed by atoms with Crippen LogP contribution < -0.4 is 10.0 Å². The molecule has 1 aliphatic heterocycles. The van der Waals surface area contributed by atoms with Crippen molar-refractivity contribution in [2.45, 2.75) is 17.4 Å². The van der Waals surface area contributed by atoms with Gasteiger partial charge >= 0.3 is 0 Å². The van der Waals surface area contributed by atoms with E-state index in [0.29, 0.717) is 31.5 Å². The summed E-state index contributed by atoms with van der Waals surface area (Å²) < 4.78 is 14.3. The summed E-state index contributed by atoms with van der Waals surface area (Å²) in [6, 6.07) is 12.6. The van der Waals surface area contributed by atoms with Crippen molar-refractivity contribution < 1.29 is 9.47 Å². The minimum atomic E-state index is 0.265. The molecule has 0 amide bonds. The van der Waals surface area contributed by atoms with Gasteiger partial charge in [-0.25, -0.2) is 0 Å². The Kier molecular flexibility index (Phi) is 10.4. The zero-order valence-electron chi connectivity index (χ0n) is 18.1. The van der Waals surface area contributed by atoms with E-state index >= 15 is 0 Å². The average Bonchev–Trinajstić information content (AvgIpc) is 2.76. The van der Waals surface area contributed by atoms with E-state index in [1.54, 1.807) is 11.9 Å². The molecule has 5 nitrogen and oxygen atoms in total. The number of rotatable bonds is 12. The highest BCUT2D eigenvalue weighted by Crippen LogP contribution is 2.38. The van der Waals surface area contributed by atoms with Crippen LogP contribution in [0.25, 0.3) is 0 Å². The maximum absolute atomic E-state index is 6.48. The molecule has 170 valence electrons. The Morgan fingerprint density at radius 3 is 2.45 bits per heavy atom. The number of ether oxygens (including phenoxy) is 2. The largest absolute Gasteiger partial charge is 0.378 e. The van der Waals surface area contributed by atoms with Gasteiger partial charge in [0.25, 0.3) is 0 Å². The maximum atomic E-state index is 6.48. The van der Waals surface area contributed by atoms with Gasteiger partial charge in [-0.3, -0.25) is 4.72 Å². The van der Waals surface area contributed by atoms with Gasteiger partial charge in [-0.2, -0.15) is 0 Å². The molecule has 31 heavy (non-hydrogen) atoms. The molecule has 2 aromatic rings. The smallest absolute Gasteiger partial charge is 0.0701 e. The fraction of sp³-hybridized carbons (Fsp3) is 0.478. The SMILES string of the molecule is CNCCOCCOCCNSc1ccc(C2CN(C)Cc3c(Cl)cc(Cl)cc32)cc1. The Morgan fingerprint density at radius 1 is 1.03 bits per heavy atom. The minimum Gasteiger partial charge on any atom is -0.378 e. The Labute approximate surface area is 199 Å². The van der Waals surface area contributed by atoms with Crippen molar-refractivity contribution in [3.8, 4) is 0 Å². The molecule has 2 N–H and O–H groups in total. The molecule has 0 saturated carbocycles. The van der Waals surface area contributed by atoms with E-state index in [1.165, 1.54) is 21.6 Å². The number of hydrogen-bond donors (Lipinski definition) is 2. The molecule has 0 saturated heterocycles. The molecule has 1 unspecified atom stereocenters. The van der Waals surface area contributed by atoms with Crippen molar-refractivity contribution in [2.75, 3.05) is 60.2 Å². The van der Waals surface area contributed by atoms with Crippen molar-refractivity contribution in [3.63, 3.8) is 0 Å². The second kappa shape index (κ2) is 13.0. The van der Waals surface area contributed by atoms with Gasteiger partial charge in [0.05, 0.1) is 26.4 Å². The minimum absolute atomic E-state index is 0.265. The molecule has 2 aromatic carbocycles. The molecule has 1 heterocycles. The quantitative estimate of drug-likeness (QED) is 0.344. The van der Waals surface area contributed by atoms with Crippen molar-refractivity contribution in [1.29, 1.82) is 0 Å². The van der Waals surface area contributed by atoms with Crippen LogP contribution in [0.4, 0.5) is 0 Å². The molecular formula is C23H31Cl2N3O2S. The van der Waals surface area contributed by atoms with Gasteiger partial charge in [0.2, 0.25) is 0 Å². The number of likely N-dealkylation sites (N-methyl/N-ethyl adjacent to an activating group) is 2. The standard InChI is InChI=1S/C23H31Cl2N3O2S/c1-26-7-9-29-11-12-30-10-8-27-31-19-5-3-17(4-6-19)21-15-28(2)16-22-20(21)13-18(24)14-23(22)25/h3-6,13-14,21,26-27H,7-12,15-16H2,1-2H3. The lowest BCUT2D eigenvalue weighted by Crippen LogP contribution is -2.31. The average molecular weight is 484 g/mol. The molecular weight excluding hydrogens is 453 g/mol. The van der Waals surface area contributed by atoms with Crippen LogP contribution in [0.15, 0.2) is 41.3 Å². The highest BCUT2D eigenvalue weighted by Gasteiger charge is 2.27. The number of halogens is 2. The van der Waals surface area contributed by atoms with Gasteiger partial charge < -0.3 is 19.7 Å². The molecule has 8 heteroatoms. The number of nitrogens with zero attached hydrogens (tertiary/aromatic N) is 1. The highest BCUT2D eigenvalue weighted by atomic mass is 35.5. The first-order chi connectivity index (χ1) is 15.1. The summed E-state index contributed by atoms with van der Waals surface area (Å²) in [7, 11) is 4.04. The second-order valence-corrected chi connectivity index (χ2v) is 9.41. The fourth-order valence-corrected chi connectivity index (χ4v) is 4.84. The van der Waals surface area contributed by atoms with E-state index in [2.05, 4.69) is 52.3 Å². The van der Waals surface area contributed by atoms with E-state index in [1.807, 2.05) is 13.1 Å². The predicted octanol–water partition coefficient (Wildman–Crippen LogP) is 4.42. The van der Waals surface area contributed by atoms with Crippen molar-refractivity contribution in [1.82, 2.24) is 14.9 Å². The van der Waals surface area contributed by atoms with Crippen LogP contribution >= 0.6 is 35.1 Å². The number of fused-ring (bicyclic) bond motifs is 1. The Bertz CT molecular complexity index is 823. The lowest BCUT2D eigenvalue weighted by molar-refractivity contribution is 0.0516. The van der Waals surface area contributed by atoms with Crippen LogP contribution in [0.1, 0.15) is 22.6 Å². The van der Waals surface area contributed by atoms with Gasteiger partial charge in [0, 0.05) is 47.0 Å². The van der Waals surface area contributed by atoms with Gasteiger partial charge in [-0.05, 0) is 67.0 Å². The first-order valence-electron chi connectivity index (χ1n) is 10.5. The van der Waals surface area contributed by atoms with Crippen LogP contribution in [0.5, 0.6) is 0 Å². The van der Waals surface area contributed by atoms with E-state index in [-0.39, 0.29) is 5.92 Å². The Balaban J connectivity index is 1.46. The molecule has 0 spiro atoms. The number of hydrogen-bond acceptors (Lipinski definition) is 6. The summed E-state index contributed by atoms with van der Waals surface area (Å²) in [6.45, 7) is 6.07. The van der Waals surface area contributed by atoms with Crippen LogP contribution in [0.2, 0.25) is 10.0 Å². The fourth-order valence-electron chi connectivity index (χ4n) is 3.64. The molecule has 0 aliphatic carbocycles. The third kappa shape index (κ3) is 7.62. The zero-order chi connectivity index (χ0) is 22.1. The molecule has 3 rings (SSSR count). The molecule has 0 bridgehead atoms. The number of nitrogens with one attached hydrogen (secondary N) is 2. The third-order valence-electron chi connectivity index (χ3n) is 5.18. The maximum Gasteiger partial charge on any atom is 0.0701 e. The summed E-state index contributed by atoms with van der Waals surface area (Å²) in [4.78, 5) is 3.48. The first kappa shape index (κ1) is 24.8. The van der Waals surface area contributed by atoms with Gasteiger partial charge in [0.15, 0.2) is 0 Å². The van der Waals surface area contributed by atoms with E-state index in [0.717, 1.165) is 31.2 Å². The van der Waals surface area contributed by atoms with Crippen LogP contribution in [0, 0.1) is 0 Å². The van der Waals surface area contributed by atoms with E-state index in [9.17, 15) is 0 Å². The molecule has 0 radical (unpaired) electrons. The summed E-state index contributed by atoms with van der Waals surface area (Å²) >= 11 is 14.4. The normalized spacial score (nSPS) is 16.5. The summed E-state index contributed by atoms with van der Waals surface area (Å²) in [6.07, 6.45) is 0. The van der Waals surface area contributed by atoms with E-state index in [4.69, 9.17) is 32.7 Å². The van der Waals surface area contributed by atoms with E-state index < -0.39 is 0 Å². The first-order valence-corrected chi connectivity index (χ1v) is 12.1. The highest BCUT2D eigenvalue weighted by molar-refractivity contribution is 7.97. The van der Waals surface area contributed by atoms with Crippen LogP contribution in [0.3, 0.4) is 0 Å². The third-order valence-corrected chi connectivity index (χ3v) is 6.59. The molecule has 0 fully saturated rings. The van der Waals surface area contributed by atoms with Crippen LogP contribution in [-0.2, 0) is 16.0 Å². The van der Waals surface area contributed by atoms with Gasteiger partial charge in [0.1, 0.15) is 0 Å². The summed E-state index contributed by atoms with van der Waals surface area (Å²) in [5.74, 6) is 0.265. The lowest BCUT2D eigenvalue weighted by atomic mass is 9.85. The monoisotopic (exact) mass is 483 g/mol. The molecule has 1 aliphatic rings. The van der Waals surface area contributed by atoms with Crippen molar-refractivity contribution >= 4 is 35.1 Å².